The number of amides is 1. The largest absolute Gasteiger partial charge is 0.311 e. The second-order valence-electron chi connectivity index (χ2n) is 5.10. The Morgan fingerprint density at radius 1 is 1.41 bits per heavy atom. The molecule has 0 saturated heterocycles. The molecular formula is C13H21N3O. The molecule has 0 atom stereocenters. The van der Waals surface area contributed by atoms with Gasteiger partial charge in [0.05, 0.1) is 12.2 Å². The topological polar surface area (TPSA) is 46.9 Å². The molecule has 2 rings (SSSR count). The maximum atomic E-state index is 11.7. The van der Waals surface area contributed by atoms with Gasteiger partial charge in [-0.2, -0.15) is 5.10 Å². The Labute approximate surface area is 102 Å². The summed E-state index contributed by atoms with van der Waals surface area (Å²) in [4.78, 5) is 11.7. The van der Waals surface area contributed by atoms with E-state index >= 15 is 0 Å². The van der Waals surface area contributed by atoms with Crippen LogP contribution in [-0.2, 0) is 4.79 Å². The van der Waals surface area contributed by atoms with Crippen LogP contribution < -0.4 is 5.32 Å². The molecule has 1 saturated carbocycles. The summed E-state index contributed by atoms with van der Waals surface area (Å²) in [6.07, 6.45) is 7.97. The molecule has 1 aliphatic carbocycles. The average molecular weight is 235 g/mol. The minimum absolute atomic E-state index is 0.00436. The summed E-state index contributed by atoms with van der Waals surface area (Å²) in [5.74, 6) is 0.905. The lowest BCUT2D eigenvalue weighted by Gasteiger charge is -2.24. The van der Waals surface area contributed by atoms with Crippen LogP contribution in [0.2, 0.25) is 0 Å². The fraction of sp³-hybridized carbons (Fsp3) is 0.692. The second-order valence-corrected chi connectivity index (χ2v) is 5.10. The SMILES string of the molecule is CC(C)C(=O)Nc1ccnn1C1CCCCC1. The Morgan fingerprint density at radius 2 is 2.12 bits per heavy atom. The molecule has 17 heavy (non-hydrogen) atoms. The Morgan fingerprint density at radius 3 is 2.76 bits per heavy atom. The third-order valence-electron chi connectivity index (χ3n) is 3.37. The summed E-state index contributed by atoms with van der Waals surface area (Å²) in [5, 5.41) is 7.30. The van der Waals surface area contributed by atoms with E-state index in [1.165, 1.54) is 32.1 Å². The van der Waals surface area contributed by atoms with Crippen LogP contribution >= 0.6 is 0 Å². The predicted octanol–water partition coefficient (Wildman–Crippen LogP) is 2.98. The van der Waals surface area contributed by atoms with Gasteiger partial charge in [-0.05, 0) is 12.8 Å². The molecule has 4 heteroatoms. The van der Waals surface area contributed by atoms with Crippen molar-refractivity contribution in [3.8, 4) is 0 Å². The Bertz CT molecular complexity index is 378. The third-order valence-corrected chi connectivity index (χ3v) is 3.37. The minimum atomic E-state index is 0.00436. The molecular weight excluding hydrogens is 214 g/mol. The van der Waals surface area contributed by atoms with Gasteiger partial charge in [0.15, 0.2) is 0 Å². The summed E-state index contributed by atoms with van der Waals surface area (Å²) in [7, 11) is 0. The van der Waals surface area contributed by atoms with Crippen LogP contribution in [0.3, 0.4) is 0 Å². The molecule has 0 spiro atoms. The van der Waals surface area contributed by atoms with E-state index in [1.54, 1.807) is 6.20 Å². The number of anilines is 1. The number of hydrogen-bond acceptors (Lipinski definition) is 2. The summed E-state index contributed by atoms with van der Waals surface area (Å²) in [5.41, 5.74) is 0. The molecule has 4 nitrogen and oxygen atoms in total. The van der Waals surface area contributed by atoms with E-state index in [0.29, 0.717) is 6.04 Å². The Balaban J connectivity index is 2.08. The highest BCUT2D eigenvalue weighted by Crippen LogP contribution is 2.29. The maximum Gasteiger partial charge on any atom is 0.228 e. The molecule has 1 N–H and O–H groups in total. The van der Waals surface area contributed by atoms with E-state index < -0.39 is 0 Å². The van der Waals surface area contributed by atoms with Gasteiger partial charge < -0.3 is 5.32 Å². The van der Waals surface area contributed by atoms with Gasteiger partial charge in [0.2, 0.25) is 5.91 Å². The van der Waals surface area contributed by atoms with Crippen LogP contribution in [0.15, 0.2) is 12.3 Å². The lowest BCUT2D eigenvalue weighted by Crippen LogP contribution is -2.22. The third kappa shape index (κ3) is 2.87. The molecule has 0 aromatic carbocycles. The normalized spacial score (nSPS) is 17.4. The van der Waals surface area contributed by atoms with Crippen LogP contribution in [0.1, 0.15) is 52.0 Å². The Hall–Kier alpha value is -1.32. The standard InChI is InChI=1S/C13H21N3O/c1-10(2)13(17)15-12-8-9-14-16(12)11-6-4-3-5-7-11/h8-11H,3-7H2,1-2H3,(H,15,17). The maximum absolute atomic E-state index is 11.7. The molecule has 1 aromatic heterocycles. The van der Waals surface area contributed by atoms with E-state index in [-0.39, 0.29) is 11.8 Å². The fourth-order valence-corrected chi connectivity index (χ4v) is 2.30. The van der Waals surface area contributed by atoms with Crippen molar-refractivity contribution in [2.24, 2.45) is 5.92 Å². The second kappa shape index (κ2) is 5.34. The number of carbonyl (C=O) groups excluding carboxylic acids is 1. The molecule has 1 aromatic rings. The van der Waals surface area contributed by atoms with E-state index in [2.05, 4.69) is 10.4 Å². The van der Waals surface area contributed by atoms with Crippen LogP contribution in [-0.4, -0.2) is 15.7 Å². The van der Waals surface area contributed by atoms with Gasteiger partial charge in [-0.15, -0.1) is 0 Å². The number of carbonyl (C=O) groups is 1. The number of rotatable bonds is 3. The van der Waals surface area contributed by atoms with Gasteiger partial charge in [0.25, 0.3) is 0 Å². The van der Waals surface area contributed by atoms with E-state index in [1.807, 2.05) is 24.6 Å². The van der Waals surface area contributed by atoms with Crippen molar-refractivity contribution in [2.75, 3.05) is 5.32 Å². The van der Waals surface area contributed by atoms with Gasteiger partial charge in [-0.3, -0.25) is 4.79 Å². The molecule has 0 radical (unpaired) electrons. The van der Waals surface area contributed by atoms with Crippen LogP contribution in [0.25, 0.3) is 0 Å². The van der Waals surface area contributed by atoms with Crippen molar-refractivity contribution in [2.45, 2.75) is 52.0 Å². The molecule has 1 aliphatic rings. The van der Waals surface area contributed by atoms with Crippen molar-refractivity contribution in [1.82, 2.24) is 9.78 Å². The van der Waals surface area contributed by atoms with Crippen molar-refractivity contribution in [1.29, 1.82) is 0 Å². The van der Waals surface area contributed by atoms with Crippen molar-refractivity contribution in [3.63, 3.8) is 0 Å². The summed E-state index contributed by atoms with van der Waals surface area (Å²) < 4.78 is 1.99. The summed E-state index contributed by atoms with van der Waals surface area (Å²) >= 11 is 0. The van der Waals surface area contributed by atoms with Crippen molar-refractivity contribution >= 4 is 11.7 Å². The average Bonchev–Trinajstić information content (AvgIpc) is 2.78. The predicted molar refractivity (Wildman–Crippen MR) is 67.8 cm³/mol. The van der Waals surface area contributed by atoms with Crippen LogP contribution in [0.5, 0.6) is 0 Å². The van der Waals surface area contributed by atoms with E-state index in [9.17, 15) is 4.79 Å². The summed E-state index contributed by atoms with van der Waals surface area (Å²) in [6, 6.07) is 2.34. The zero-order valence-electron chi connectivity index (χ0n) is 10.6. The number of hydrogen-bond donors (Lipinski definition) is 1. The van der Waals surface area contributed by atoms with E-state index in [4.69, 9.17) is 0 Å². The van der Waals surface area contributed by atoms with Gasteiger partial charge in [-0.1, -0.05) is 33.1 Å². The van der Waals surface area contributed by atoms with Gasteiger partial charge in [0, 0.05) is 12.0 Å². The smallest absolute Gasteiger partial charge is 0.228 e. The van der Waals surface area contributed by atoms with Crippen molar-refractivity contribution < 1.29 is 4.79 Å². The van der Waals surface area contributed by atoms with Gasteiger partial charge in [0.1, 0.15) is 5.82 Å². The molecule has 0 unspecified atom stereocenters. The van der Waals surface area contributed by atoms with Crippen molar-refractivity contribution in [3.05, 3.63) is 12.3 Å². The molecule has 0 bridgehead atoms. The number of nitrogens with zero attached hydrogens (tertiary/aromatic N) is 2. The lowest BCUT2D eigenvalue weighted by atomic mass is 9.96. The molecule has 0 aliphatic heterocycles. The lowest BCUT2D eigenvalue weighted by molar-refractivity contribution is -0.118. The zero-order valence-corrected chi connectivity index (χ0v) is 10.6. The molecule has 1 fully saturated rings. The zero-order chi connectivity index (χ0) is 12.3. The fourth-order valence-electron chi connectivity index (χ4n) is 2.30. The number of nitrogens with one attached hydrogen (secondary N) is 1. The first kappa shape index (κ1) is 12.1. The summed E-state index contributed by atoms with van der Waals surface area (Å²) in [6.45, 7) is 3.80. The molecule has 1 heterocycles. The monoisotopic (exact) mass is 235 g/mol. The van der Waals surface area contributed by atoms with Crippen LogP contribution in [0, 0.1) is 5.92 Å². The van der Waals surface area contributed by atoms with Gasteiger partial charge in [-0.25, -0.2) is 4.68 Å². The highest BCUT2D eigenvalue weighted by atomic mass is 16.1. The quantitative estimate of drug-likeness (QED) is 0.875. The Kier molecular flexibility index (Phi) is 3.82. The first-order valence-corrected chi connectivity index (χ1v) is 6.53. The molecule has 1 amide bonds. The molecule has 94 valence electrons. The number of aromatic nitrogens is 2. The van der Waals surface area contributed by atoms with Crippen LogP contribution in [0.4, 0.5) is 5.82 Å². The van der Waals surface area contributed by atoms with Gasteiger partial charge >= 0.3 is 0 Å². The highest BCUT2D eigenvalue weighted by molar-refractivity contribution is 5.91. The highest BCUT2D eigenvalue weighted by Gasteiger charge is 2.19. The first-order valence-electron chi connectivity index (χ1n) is 6.53. The first-order chi connectivity index (χ1) is 8.18. The van der Waals surface area contributed by atoms with E-state index in [0.717, 1.165) is 5.82 Å². The minimum Gasteiger partial charge on any atom is -0.311 e.